The van der Waals surface area contributed by atoms with E-state index in [1.807, 2.05) is 0 Å². The summed E-state index contributed by atoms with van der Waals surface area (Å²) in [5, 5.41) is 0. The zero-order chi connectivity index (χ0) is 25.8. The van der Waals surface area contributed by atoms with Gasteiger partial charge in [-0.1, -0.05) is 0 Å². The Kier molecular flexibility index (Phi) is 6.95. The molecule has 0 spiro atoms. The molecular formula is C32H42O2. The molecule has 0 unspecified atom stereocenters. The number of hydrogen-bond donors (Lipinski definition) is 0. The summed E-state index contributed by atoms with van der Waals surface area (Å²) >= 11 is 0. The third kappa shape index (κ3) is 3.91. The van der Waals surface area contributed by atoms with Gasteiger partial charge in [-0.3, -0.25) is 0 Å². The quantitative estimate of drug-likeness (QED) is 0.387. The molecule has 2 nitrogen and oxygen atoms in total. The normalized spacial score (nSPS) is 11.2. The third-order valence-electron chi connectivity index (χ3n) is 8.85. The molecule has 0 aromatic heterocycles. The summed E-state index contributed by atoms with van der Waals surface area (Å²) in [6, 6.07) is 0. The summed E-state index contributed by atoms with van der Waals surface area (Å²) in [5.74, 6) is 3.54. The van der Waals surface area contributed by atoms with Gasteiger partial charge in [0.1, 0.15) is 11.5 Å². The van der Waals surface area contributed by atoms with Gasteiger partial charge in [0.25, 0.3) is 0 Å². The molecule has 3 aromatic carbocycles. The van der Waals surface area contributed by atoms with E-state index >= 15 is 0 Å². The highest BCUT2D eigenvalue weighted by atomic mass is 16.5. The minimum atomic E-state index is 0.823. The number of ether oxygens (including phenoxy) is 2. The molecule has 0 heterocycles. The van der Waals surface area contributed by atoms with Crippen LogP contribution in [0.25, 0.3) is 0 Å². The summed E-state index contributed by atoms with van der Waals surface area (Å²) in [6.45, 7) is 30.4. The van der Waals surface area contributed by atoms with Gasteiger partial charge in [0.05, 0.1) is 0 Å². The first-order valence-corrected chi connectivity index (χ1v) is 12.3. The molecule has 3 rings (SSSR count). The Labute approximate surface area is 207 Å². The Balaban J connectivity index is 2.32. The van der Waals surface area contributed by atoms with Gasteiger partial charge < -0.3 is 9.47 Å². The molecule has 0 aliphatic rings. The predicted molar refractivity (Wildman–Crippen MR) is 146 cm³/mol. The zero-order valence-corrected chi connectivity index (χ0v) is 23.8. The molecule has 3 aromatic rings. The molecule has 0 fully saturated rings. The third-order valence-corrected chi connectivity index (χ3v) is 8.85. The average molecular weight is 459 g/mol. The van der Waals surface area contributed by atoms with Crippen molar-refractivity contribution in [2.24, 2.45) is 0 Å². The Morgan fingerprint density at radius 3 is 0.559 bits per heavy atom. The molecule has 0 bridgehead atoms. The lowest BCUT2D eigenvalue weighted by Crippen LogP contribution is -2.06. The summed E-state index contributed by atoms with van der Waals surface area (Å²) in [7, 11) is 0. The highest BCUT2D eigenvalue weighted by Crippen LogP contribution is 2.47. The maximum atomic E-state index is 6.85. The molecule has 0 saturated carbocycles. The molecule has 0 saturated heterocycles. The fraction of sp³-hybridized carbons (Fsp3) is 0.438. The van der Waals surface area contributed by atoms with E-state index in [9.17, 15) is 0 Å². The molecule has 0 N–H and O–H groups in total. The molecule has 2 heteroatoms. The first-order chi connectivity index (χ1) is 15.7. The highest BCUT2D eigenvalue weighted by Gasteiger charge is 2.24. The molecule has 0 aliphatic carbocycles. The lowest BCUT2D eigenvalue weighted by atomic mass is 9.93. The van der Waals surface area contributed by atoms with Crippen LogP contribution in [-0.2, 0) is 0 Å². The second kappa shape index (κ2) is 9.13. The van der Waals surface area contributed by atoms with Crippen LogP contribution in [0.15, 0.2) is 0 Å². The van der Waals surface area contributed by atoms with Crippen LogP contribution in [0.1, 0.15) is 77.9 Å². The lowest BCUT2D eigenvalue weighted by molar-refractivity contribution is 0.406. The Bertz CT molecular complexity index is 1160. The maximum Gasteiger partial charge on any atom is 0.173 e. The van der Waals surface area contributed by atoms with E-state index in [1.165, 1.54) is 66.8 Å². The van der Waals surface area contributed by atoms with Crippen molar-refractivity contribution < 1.29 is 9.47 Å². The summed E-state index contributed by atoms with van der Waals surface area (Å²) in [4.78, 5) is 0. The van der Waals surface area contributed by atoms with Crippen molar-refractivity contribution in [2.45, 2.75) is 96.9 Å². The topological polar surface area (TPSA) is 18.5 Å². The number of rotatable bonds is 4. The molecule has 182 valence electrons. The number of benzene rings is 3. The first-order valence-electron chi connectivity index (χ1n) is 12.3. The Morgan fingerprint density at radius 1 is 0.206 bits per heavy atom. The van der Waals surface area contributed by atoms with E-state index in [1.54, 1.807) is 0 Å². The van der Waals surface area contributed by atoms with E-state index in [-0.39, 0.29) is 0 Å². The second-order valence-corrected chi connectivity index (χ2v) is 10.3. The van der Waals surface area contributed by atoms with E-state index in [0.717, 1.165) is 34.1 Å². The van der Waals surface area contributed by atoms with Gasteiger partial charge in [-0.2, -0.15) is 0 Å². The largest absolute Gasteiger partial charge is 0.453 e. The standard InChI is InChI=1S/C32H42O2/c1-15-17(3)23(9)29(24(10)18(15)4)33-31-27(13)21(7)22(8)28(14)32(31)34-30-25(11)19(5)16(2)20(6)26(30)12/h1-14H3. The second-order valence-electron chi connectivity index (χ2n) is 10.3. The monoisotopic (exact) mass is 458 g/mol. The summed E-state index contributed by atoms with van der Waals surface area (Å²) in [5.41, 5.74) is 17.3. The van der Waals surface area contributed by atoms with Gasteiger partial charge in [0.2, 0.25) is 0 Å². The van der Waals surface area contributed by atoms with Crippen molar-refractivity contribution in [2.75, 3.05) is 0 Å². The summed E-state index contributed by atoms with van der Waals surface area (Å²) < 4.78 is 13.7. The fourth-order valence-electron chi connectivity index (χ4n) is 4.93. The van der Waals surface area contributed by atoms with E-state index in [4.69, 9.17) is 9.47 Å². The van der Waals surface area contributed by atoms with Crippen LogP contribution in [0.3, 0.4) is 0 Å². The molecule has 0 atom stereocenters. The molecular weight excluding hydrogens is 416 g/mol. The van der Waals surface area contributed by atoms with Gasteiger partial charge >= 0.3 is 0 Å². The molecule has 34 heavy (non-hydrogen) atoms. The average Bonchev–Trinajstić information content (AvgIpc) is 2.82. The van der Waals surface area contributed by atoms with Crippen LogP contribution < -0.4 is 9.47 Å². The smallest absolute Gasteiger partial charge is 0.173 e. The van der Waals surface area contributed by atoms with Crippen LogP contribution in [0.2, 0.25) is 0 Å². The molecule has 0 radical (unpaired) electrons. The lowest BCUT2D eigenvalue weighted by Gasteiger charge is -2.26. The molecule has 0 amide bonds. The van der Waals surface area contributed by atoms with E-state index in [0.29, 0.717) is 0 Å². The van der Waals surface area contributed by atoms with Gasteiger partial charge in [0.15, 0.2) is 11.5 Å². The SMILES string of the molecule is Cc1c(C)c(C)c(Oc2c(C)c(C)c(C)c(C)c2Oc2c(C)c(C)c(C)c(C)c2C)c(C)c1C. The van der Waals surface area contributed by atoms with Crippen LogP contribution in [-0.4, -0.2) is 0 Å². The van der Waals surface area contributed by atoms with Crippen molar-refractivity contribution in [3.8, 4) is 23.0 Å². The van der Waals surface area contributed by atoms with E-state index < -0.39 is 0 Å². The van der Waals surface area contributed by atoms with Crippen LogP contribution in [0, 0.1) is 96.9 Å². The van der Waals surface area contributed by atoms with Crippen molar-refractivity contribution in [1.82, 2.24) is 0 Å². The zero-order valence-electron chi connectivity index (χ0n) is 23.8. The van der Waals surface area contributed by atoms with E-state index in [2.05, 4.69) is 96.9 Å². The van der Waals surface area contributed by atoms with Crippen molar-refractivity contribution in [3.05, 3.63) is 77.9 Å². The van der Waals surface area contributed by atoms with Gasteiger partial charge in [-0.05, 0) is 175 Å². The predicted octanol–water partition coefficient (Wildman–Crippen LogP) is 9.59. The van der Waals surface area contributed by atoms with Crippen molar-refractivity contribution in [3.63, 3.8) is 0 Å². The van der Waals surface area contributed by atoms with Crippen molar-refractivity contribution >= 4 is 0 Å². The maximum absolute atomic E-state index is 6.85. The van der Waals surface area contributed by atoms with Gasteiger partial charge in [0, 0.05) is 0 Å². The fourth-order valence-corrected chi connectivity index (χ4v) is 4.93. The summed E-state index contributed by atoms with van der Waals surface area (Å²) in [6.07, 6.45) is 0. The highest BCUT2D eigenvalue weighted by molar-refractivity contribution is 5.64. The minimum Gasteiger partial charge on any atom is -0.453 e. The Morgan fingerprint density at radius 2 is 0.353 bits per heavy atom. The molecule has 0 aliphatic heterocycles. The van der Waals surface area contributed by atoms with Crippen LogP contribution in [0.5, 0.6) is 23.0 Å². The van der Waals surface area contributed by atoms with Crippen molar-refractivity contribution in [1.29, 1.82) is 0 Å². The Hall–Kier alpha value is -2.74. The van der Waals surface area contributed by atoms with Gasteiger partial charge in [-0.15, -0.1) is 0 Å². The van der Waals surface area contributed by atoms with Crippen LogP contribution in [0.4, 0.5) is 0 Å². The first kappa shape index (κ1) is 25.9. The minimum absolute atomic E-state index is 0.823. The van der Waals surface area contributed by atoms with Gasteiger partial charge in [-0.25, -0.2) is 0 Å². The van der Waals surface area contributed by atoms with Crippen LogP contribution >= 0.6 is 0 Å². The number of hydrogen-bond acceptors (Lipinski definition) is 2.